The van der Waals surface area contributed by atoms with Crippen LogP contribution in [0, 0.1) is 33.5 Å². The van der Waals surface area contributed by atoms with E-state index in [0.717, 1.165) is 5.56 Å². The molecule has 0 heterocycles. The van der Waals surface area contributed by atoms with Crippen molar-refractivity contribution in [3.63, 3.8) is 0 Å². The summed E-state index contributed by atoms with van der Waals surface area (Å²) in [6.07, 6.45) is 0. The summed E-state index contributed by atoms with van der Waals surface area (Å²) in [6, 6.07) is 14.2. The van der Waals surface area contributed by atoms with Gasteiger partial charge >= 0.3 is 0 Å². The van der Waals surface area contributed by atoms with Crippen molar-refractivity contribution < 1.29 is 0 Å². The lowest BCUT2D eigenvalue weighted by Gasteiger charge is -2.00. The highest BCUT2D eigenvalue weighted by atomic mass is 14.7. The Balaban J connectivity index is 2.46. The minimum absolute atomic E-state index is 0.0428. The van der Waals surface area contributed by atoms with Gasteiger partial charge in [0.1, 0.15) is 0 Å². The van der Waals surface area contributed by atoms with Crippen LogP contribution in [0.5, 0.6) is 0 Å². The Bertz CT molecular complexity index is 446. The number of nitriles is 2. The Kier molecular flexibility index (Phi) is 1.85. The summed E-state index contributed by atoms with van der Waals surface area (Å²) < 4.78 is 0. The predicted molar refractivity (Wildman–Crippen MR) is 56.6 cm³/mol. The second kappa shape index (κ2) is 2.84. The molecule has 1 fully saturated rings. The highest BCUT2D eigenvalue weighted by Crippen LogP contribution is 2.73. The molecule has 0 saturated heterocycles. The van der Waals surface area contributed by atoms with E-state index in [0.29, 0.717) is 0 Å². The number of rotatable bonds is 1. The molecule has 1 aliphatic rings. The Morgan fingerprint density at radius 1 is 1.07 bits per heavy atom. The van der Waals surface area contributed by atoms with Crippen molar-refractivity contribution in [1.29, 1.82) is 10.5 Å². The third kappa shape index (κ3) is 1.02. The highest BCUT2D eigenvalue weighted by molar-refractivity contribution is 5.47. The van der Waals surface area contributed by atoms with E-state index in [1.54, 1.807) is 0 Å². The van der Waals surface area contributed by atoms with E-state index in [2.05, 4.69) is 12.1 Å². The molecule has 1 atom stereocenters. The van der Waals surface area contributed by atoms with Crippen molar-refractivity contribution in [1.82, 2.24) is 0 Å². The van der Waals surface area contributed by atoms with E-state index >= 15 is 0 Å². The summed E-state index contributed by atoms with van der Waals surface area (Å²) in [5.74, 6) is 0.0428. The number of benzene rings is 1. The molecule has 15 heavy (non-hydrogen) atoms. The fraction of sp³-hybridized carbons (Fsp3) is 0.385. The average molecular weight is 196 g/mol. The van der Waals surface area contributed by atoms with Crippen LogP contribution in [-0.2, 0) is 0 Å². The summed E-state index contributed by atoms with van der Waals surface area (Å²) in [5.41, 5.74) is 0.0113. The predicted octanol–water partition coefficient (Wildman–Crippen LogP) is 2.84. The summed E-state index contributed by atoms with van der Waals surface area (Å²) in [5, 5.41) is 18.3. The van der Waals surface area contributed by atoms with Gasteiger partial charge in [-0.15, -0.1) is 0 Å². The van der Waals surface area contributed by atoms with Gasteiger partial charge in [-0.05, 0) is 5.56 Å². The van der Waals surface area contributed by atoms with Gasteiger partial charge < -0.3 is 0 Å². The van der Waals surface area contributed by atoms with E-state index < -0.39 is 5.41 Å². The van der Waals surface area contributed by atoms with E-state index in [9.17, 15) is 0 Å². The molecule has 0 aromatic heterocycles. The van der Waals surface area contributed by atoms with Crippen LogP contribution in [0.25, 0.3) is 0 Å². The Hall–Kier alpha value is -1.80. The SMILES string of the molecule is CC1(C)C(c2ccccc2)C1(C#N)C#N. The molecular weight excluding hydrogens is 184 g/mol. The number of hydrogen-bond acceptors (Lipinski definition) is 2. The molecule has 2 heteroatoms. The number of nitrogens with zero attached hydrogens (tertiary/aromatic N) is 2. The van der Waals surface area contributed by atoms with E-state index in [1.807, 2.05) is 44.2 Å². The van der Waals surface area contributed by atoms with Crippen LogP contribution in [0.15, 0.2) is 30.3 Å². The second-order valence-electron chi connectivity index (χ2n) is 4.60. The van der Waals surface area contributed by atoms with Crippen LogP contribution in [0.2, 0.25) is 0 Å². The molecule has 74 valence electrons. The zero-order valence-electron chi connectivity index (χ0n) is 8.86. The Morgan fingerprint density at radius 3 is 2.00 bits per heavy atom. The van der Waals surface area contributed by atoms with Crippen LogP contribution >= 0.6 is 0 Å². The largest absolute Gasteiger partial charge is 0.197 e. The fourth-order valence-electron chi connectivity index (χ4n) is 2.52. The van der Waals surface area contributed by atoms with Gasteiger partial charge in [-0.1, -0.05) is 44.2 Å². The third-order valence-electron chi connectivity index (χ3n) is 3.57. The first kappa shape index (κ1) is 9.74. The molecule has 0 spiro atoms. The first-order valence-electron chi connectivity index (χ1n) is 4.97. The summed E-state index contributed by atoms with van der Waals surface area (Å²) in [7, 11) is 0. The van der Waals surface area contributed by atoms with E-state index in [1.165, 1.54) is 0 Å². The Labute approximate surface area is 89.8 Å². The second-order valence-corrected chi connectivity index (χ2v) is 4.60. The maximum atomic E-state index is 9.15. The standard InChI is InChI=1S/C13H12N2/c1-12(2)11(13(12,8-14)9-15)10-6-4-3-5-7-10/h3-7,11H,1-2H3. The first-order chi connectivity index (χ1) is 7.10. The van der Waals surface area contributed by atoms with Crippen molar-refractivity contribution >= 4 is 0 Å². The van der Waals surface area contributed by atoms with Gasteiger partial charge in [0.05, 0.1) is 12.1 Å². The molecule has 2 rings (SSSR count). The zero-order valence-corrected chi connectivity index (χ0v) is 8.86. The van der Waals surface area contributed by atoms with Gasteiger partial charge in [-0.3, -0.25) is 0 Å². The average Bonchev–Trinajstić information content (AvgIpc) is 2.76. The zero-order chi connectivity index (χ0) is 11.1. The van der Waals surface area contributed by atoms with Gasteiger partial charge in [0.25, 0.3) is 0 Å². The summed E-state index contributed by atoms with van der Waals surface area (Å²) >= 11 is 0. The normalized spacial score (nSPS) is 24.9. The summed E-state index contributed by atoms with van der Waals surface area (Å²) in [4.78, 5) is 0. The van der Waals surface area contributed by atoms with E-state index in [4.69, 9.17) is 10.5 Å². The molecule has 1 unspecified atom stereocenters. The monoisotopic (exact) mass is 196 g/mol. The van der Waals surface area contributed by atoms with Gasteiger partial charge in [-0.2, -0.15) is 10.5 Å². The lowest BCUT2D eigenvalue weighted by atomic mass is 10.00. The van der Waals surface area contributed by atoms with Gasteiger partial charge in [0.2, 0.25) is 0 Å². The Morgan fingerprint density at radius 2 is 1.60 bits per heavy atom. The maximum absolute atomic E-state index is 9.15. The molecule has 0 aliphatic heterocycles. The van der Waals surface area contributed by atoms with Gasteiger partial charge in [0, 0.05) is 11.3 Å². The minimum atomic E-state index is -0.839. The smallest absolute Gasteiger partial charge is 0.156 e. The van der Waals surface area contributed by atoms with Crippen LogP contribution < -0.4 is 0 Å². The minimum Gasteiger partial charge on any atom is -0.197 e. The van der Waals surface area contributed by atoms with Crippen LogP contribution in [0.4, 0.5) is 0 Å². The summed E-state index contributed by atoms with van der Waals surface area (Å²) in [6.45, 7) is 3.97. The van der Waals surface area contributed by atoms with Crippen molar-refractivity contribution in [2.45, 2.75) is 19.8 Å². The molecule has 0 bridgehead atoms. The number of hydrogen-bond donors (Lipinski definition) is 0. The van der Waals surface area contributed by atoms with Crippen molar-refractivity contribution in [3.8, 4) is 12.1 Å². The lowest BCUT2D eigenvalue weighted by molar-refractivity contribution is 0.552. The first-order valence-corrected chi connectivity index (χ1v) is 4.97. The molecule has 1 aromatic carbocycles. The molecule has 1 aliphatic carbocycles. The quantitative estimate of drug-likeness (QED) is 0.693. The van der Waals surface area contributed by atoms with E-state index in [-0.39, 0.29) is 11.3 Å². The van der Waals surface area contributed by atoms with Crippen molar-refractivity contribution in [2.24, 2.45) is 10.8 Å². The van der Waals surface area contributed by atoms with Crippen molar-refractivity contribution in [2.75, 3.05) is 0 Å². The van der Waals surface area contributed by atoms with Gasteiger partial charge in [-0.25, -0.2) is 0 Å². The van der Waals surface area contributed by atoms with Crippen molar-refractivity contribution in [3.05, 3.63) is 35.9 Å². The third-order valence-corrected chi connectivity index (χ3v) is 3.57. The molecule has 1 saturated carbocycles. The highest BCUT2D eigenvalue weighted by Gasteiger charge is 2.73. The topological polar surface area (TPSA) is 47.6 Å². The molecule has 2 nitrogen and oxygen atoms in total. The van der Waals surface area contributed by atoms with Crippen LogP contribution in [0.1, 0.15) is 25.3 Å². The maximum Gasteiger partial charge on any atom is 0.156 e. The molecule has 1 aromatic rings. The van der Waals surface area contributed by atoms with Crippen LogP contribution in [-0.4, -0.2) is 0 Å². The molecule has 0 radical (unpaired) electrons. The molecular formula is C13H12N2. The molecule has 0 N–H and O–H groups in total. The fourth-order valence-corrected chi connectivity index (χ4v) is 2.52. The molecule has 0 amide bonds. The van der Waals surface area contributed by atoms with Gasteiger partial charge in [0.15, 0.2) is 5.41 Å². The van der Waals surface area contributed by atoms with Crippen LogP contribution in [0.3, 0.4) is 0 Å². The lowest BCUT2D eigenvalue weighted by Crippen LogP contribution is -2.01.